The number of aromatic nitrogens is 1. The molecular formula is C11H16Cl2FN3O. The monoisotopic (exact) mass is 295 g/mol. The summed E-state index contributed by atoms with van der Waals surface area (Å²) >= 11 is 0. The quantitative estimate of drug-likeness (QED) is 0.854. The highest BCUT2D eigenvalue weighted by atomic mass is 35.5. The minimum atomic E-state index is -0.551. The molecule has 102 valence electrons. The molecule has 18 heavy (non-hydrogen) atoms. The molecule has 1 aliphatic heterocycles. The molecule has 0 aliphatic carbocycles. The van der Waals surface area contributed by atoms with Crippen molar-refractivity contribution in [3.8, 4) is 0 Å². The van der Waals surface area contributed by atoms with Crippen LogP contribution in [-0.2, 0) is 0 Å². The lowest BCUT2D eigenvalue weighted by Gasteiger charge is -2.19. The fourth-order valence-electron chi connectivity index (χ4n) is 1.77. The van der Waals surface area contributed by atoms with Crippen LogP contribution in [0.25, 0.3) is 0 Å². The normalized spacial score (nSPS) is 15.1. The number of nitrogens with one attached hydrogen (secondary N) is 1. The van der Waals surface area contributed by atoms with E-state index in [0.29, 0.717) is 13.1 Å². The Morgan fingerprint density at radius 1 is 1.33 bits per heavy atom. The number of carbonyl (C=O) groups is 1. The summed E-state index contributed by atoms with van der Waals surface area (Å²) in [5, 5.41) is 3.20. The Kier molecular flexibility index (Phi) is 7.82. The van der Waals surface area contributed by atoms with E-state index in [1.807, 2.05) is 0 Å². The van der Waals surface area contributed by atoms with Crippen LogP contribution in [0.5, 0.6) is 0 Å². The van der Waals surface area contributed by atoms with Gasteiger partial charge in [0.2, 0.25) is 0 Å². The average molecular weight is 296 g/mol. The second kappa shape index (κ2) is 8.24. The van der Waals surface area contributed by atoms with Crippen LogP contribution in [0.2, 0.25) is 0 Å². The van der Waals surface area contributed by atoms with Crippen molar-refractivity contribution < 1.29 is 9.18 Å². The highest BCUT2D eigenvalue weighted by Gasteiger charge is 2.19. The molecule has 1 aliphatic rings. The Morgan fingerprint density at radius 2 is 2.11 bits per heavy atom. The molecule has 0 spiro atoms. The zero-order valence-electron chi connectivity index (χ0n) is 9.76. The number of nitrogens with zero attached hydrogens (tertiary/aromatic N) is 2. The van der Waals surface area contributed by atoms with Gasteiger partial charge in [-0.1, -0.05) is 0 Å². The molecule has 1 aromatic rings. The molecule has 1 fully saturated rings. The van der Waals surface area contributed by atoms with Gasteiger partial charge < -0.3 is 10.2 Å². The molecule has 0 saturated carbocycles. The van der Waals surface area contributed by atoms with Crippen molar-refractivity contribution in [1.29, 1.82) is 0 Å². The van der Waals surface area contributed by atoms with E-state index in [2.05, 4.69) is 10.3 Å². The van der Waals surface area contributed by atoms with Gasteiger partial charge in [-0.15, -0.1) is 24.8 Å². The molecule has 0 radical (unpaired) electrons. The number of hydrogen-bond acceptors (Lipinski definition) is 3. The van der Waals surface area contributed by atoms with Crippen molar-refractivity contribution in [2.75, 3.05) is 26.2 Å². The van der Waals surface area contributed by atoms with Gasteiger partial charge in [-0.25, -0.2) is 4.39 Å². The molecule has 1 saturated heterocycles. The topological polar surface area (TPSA) is 45.2 Å². The van der Waals surface area contributed by atoms with Gasteiger partial charge >= 0.3 is 0 Å². The second-order valence-corrected chi connectivity index (χ2v) is 3.75. The third-order valence-electron chi connectivity index (χ3n) is 2.63. The summed E-state index contributed by atoms with van der Waals surface area (Å²) < 4.78 is 13.4. The molecule has 1 aromatic heterocycles. The third kappa shape index (κ3) is 4.08. The van der Waals surface area contributed by atoms with Crippen molar-refractivity contribution in [1.82, 2.24) is 15.2 Å². The molecule has 2 heterocycles. The van der Waals surface area contributed by atoms with Crippen LogP contribution in [0.1, 0.15) is 16.8 Å². The van der Waals surface area contributed by atoms with Crippen LogP contribution in [-0.4, -0.2) is 42.0 Å². The maximum absolute atomic E-state index is 13.4. The zero-order chi connectivity index (χ0) is 11.4. The predicted octanol–water partition coefficient (Wildman–Crippen LogP) is 1.50. The zero-order valence-corrected chi connectivity index (χ0v) is 11.4. The van der Waals surface area contributed by atoms with Crippen LogP contribution in [0.3, 0.4) is 0 Å². The number of pyridine rings is 1. The van der Waals surface area contributed by atoms with Gasteiger partial charge in [-0.2, -0.15) is 0 Å². The highest BCUT2D eigenvalue weighted by molar-refractivity contribution is 5.94. The molecule has 0 aromatic carbocycles. The van der Waals surface area contributed by atoms with Gasteiger partial charge in [-0.3, -0.25) is 9.78 Å². The Hall–Kier alpha value is -0.910. The number of rotatable bonds is 1. The molecular weight excluding hydrogens is 280 g/mol. The van der Waals surface area contributed by atoms with Crippen LogP contribution >= 0.6 is 24.8 Å². The number of amides is 1. The Morgan fingerprint density at radius 3 is 2.83 bits per heavy atom. The first-order valence-electron chi connectivity index (χ1n) is 5.38. The summed E-state index contributed by atoms with van der Waals surface area (Å²) in [7, 11) is 0. The van der Waals surface area contributed by atoms with Crippen molar-refractivity contribution in [3.63, 3.8) is 0 Å². The average Bonchev–Trinajstić information content (AvgIpc) is 2.57. The Bertz CT molecular complexity index is 384. The van der Waals surface area contributed by atoms with E-state index in [4.69, 9.17) is 0 Å². The van der Waals surface area contributed by atoms with Gasteiger partial charge in [0.25, 0.3) is 5.91 Å². The largest absolute Gasteiger partial charge is 0.337 e. The summed E-state index contributed by atoms with van der Waals surface area (Å²) in [6, 6.07) is 1.43. The van der Waals surface area contributed by atoms with E-state index in [-0.39, 0.29) is 36.3 Å². The summed E-state index contributed by atoms with van der Waals surface area (Å²) in [6.07, 6.45) is 3.41. The summed E-state index contributed by atoms with van der Waals surface area (Å²) in [5.41, 5.74) is 0.108. The van der Waals surface area contributed by atoms with Crippen LogP contribution < -0.4 is 5.32 Å². The number of hydrogen-bond donors (Lipinski definition) is 1. The molecule has 4 nitrogen and oxygen atoms in total. The van der Waals surface area contributed by atoms with Gasteiger partial charge in [0.05, 0.1) is 11.8 Å². The van der Waals surface area contributed by atoms with Crippen molar-refractivity contribution >= 4 is 30.7 Å². The van der Waals surface area contributed by atoms with Gasteiger partial charge in [0, 0.05) is 25.8 Å². The lowest BCUT2D eigenvalue weighted by atomic mass is 10.2. The molecule has 0 unspecified atom stereocenters. The van der Waals surface area contributed by atoms with Gasteiger partial charge in [0.15, 0.2) is 5.82 Å². The fraction of sp³-hybridized carbons (Fsp3) is 0.455. The lowest BCUT2D eigenvalue weighted by Crippen LogP contribution is -2.34. The highest BCUT2D eigenvalue weighted by Crippen LogP contribution is 2.09. The smallest absolute Gasteiger partial charge is 0.256 e. The maximum atomic E-state index is 13.4. The van der Waals surface area contributed by atoms with Crippen molar-refractivity contribution in [2.45, 2.75) is 6.42 Å². The Labute approximate surface area is 118 Å². The SMILES string of the molecule is Cl.Cl.O=C(c1ccncc1F)N1CCCNCC1. The van der Waals surface area contributed by atoms with E-state index < -0.39 is 5.82 Å². The molecule has 1 amide bonds. The summed E-state index contributed by atoms with van der Waals surface area (Å²) in [6.45, 7) is 2.97. The van der Waals surface area contributed by atoms with Crippen LogP contribution in [0.15, 0.2) is 18.5 Å². The number of halogens is 3. The summed E-state index contributed by atoms with van der Waals surface area (Å²) in [5.74, 6) is -0.798. The molecule has 2 rings (SSSR count). The number of carbonyl (C=O) groups excluding carboxylic acids is 1. The lowest BCUT2D eigenvalue weighted by molar-refractivity contribution is 0.0761. The van der Waals surface area contributed by atoms with Crippen molar-refractivity contribution in [2.24, 2.45) is 0 Å². The van der Waals surface area contributed by atoms with E-state index in [1.54, 1.807) is 4.90 Å². The van der Waals surface area contributed by atoms with E-state index >= 15 is 0 Å². The second-order valence-electron chi connectivity index (χ2n) is 3.75. The first-order chi connectivity index (χ1) is 7.79. The minimum absolute atomic E-state index is 0. The summed E-state index contributed by atoms with van der Waals surface area (Å²) in [4.78, 5) is 17.3. The van der Waals surface area contributed by atoms with Crippen LogP contribution in [0, 0.1) is 5.82 Å². The standard InChI is InChI=1S/C11H14FN3O.2ClH/c12-10-8-14-4-2-9(10)11(16)15-6-1-3-13-5-7-15;;/h2,4,8,13H,1,3,5-7H2;2*1H. The van der Waals surface area contributed by atoms with Crippen LogP contribution in [0.4, 0.5) is 4.39 Å². The maximum Gasteiger partial charge on any atom is 0.256 e. The first-order valence-corrected chi connectivity index (χ1v) is 5.38. The molecule has 7 heteroatoms. The minimum Gasteiger partial charge on any atom is -0.337 e. The van der Waals surface area contributed by atoms with E-state index in [1.165, 1.54) is 12.3 Å². The third-order valence-corrected chi connectivity index (χ3v) is 2.63. The van der Waals surface area contributed by atoms with E-state index in [9.17, 15) is 9.18 Å². The first kappa shape index (κ1) is 17.1. The molecule has 0 bridgehead atoms. The van der Waals surface area contributed by atoms with Gasteiger partial charge in [0.1, 0.15) is 0 Å². The van der Waals surface area contributed by atoms with Gasteiger partial charge in [-0.05, 0) is 19.0 Å². The predicted molar refractivity (Wildman–Crippen MR) is 72.1 cm³/mol. The van der Waals surface area contributed by atoms with E-state index in [0.717, 1.165) is 25.7 Å². The molecule has 0 atom stereocenters. The Balaban J connectivity index is 0.00000144. The fourth-order valence-corrected chi connectivity index (χ4v) is 1.77. The van der Waals surface area contributed by atoms with Crippen molar-refractivity contribution in [3.05, 3.63) is 29.8 Å². The molecule has 1 N–H and O–H groups in total.